The molecule has 0 aliphatic rings. The summed E-state index contributed by atoms with van der Waals surface area (Å²) in [6.07, 6.45) is 0. The minimum Gasteiger partial charge on any atom is -0.398 e. The molecule has 2 N–H and O–H groups in total. The van der Waals surface area contributed by atoms with Gasteiger partial charge in [-0.15, -0.1) is 0 Å². The molecular formula is C14H14N2O4S. The van der Waals surface area contributed by atoms with Crippen molar-refractivity contribution in [1.29, 1.82) is 0 Å². The van der Waals surface area contributed by atoms with Crippen LogP contribution < -0.4 is 5.73 Å². The van der Waals surface area contributed by atoms with Crippen LogP contribution in [0.1, 0.15) is 11.1 Å². The van der Waals surface area contributed by atoms with Crippen molar-refractivity contribution >= 4 is 21.2 Å². The van der Waals surface area contributed by atoms with E-state index >= 15 is 0 Å². The summed E-state index contributed by atoms with van der Waals surface area (Å²) in [4.78, 5) is 10.3. The van der Waals surface area contributed by atoms with Crippen molar-refractivity contribution in [1.82, 2.24) is 0 Å². The molecule has 0 amide bonds. The minimum absolute atomic E-state index is 0.00810. The van der Waals surface area contributed by atoms with E-state index in [0.29, 0.717) is 0 Å². The van der Waals surface area contributed by atoms with E-state index in [-0.39, 0.29) is 21.8 Å². The van der Waals surface area contributed by atoms with Crippen LogP contribution in [-0.4, -0.2) is 13.3 Å². The highest BCUT2D eigenvalue weighted by Gasteiger charge is 2.23. The van der Waals surface area contributed by atoms with Crippen molar-refractivity contribution < 1.29 is 13.3 Å². The van der Waals surface area contributed by atoms with Gasteiger partial charge in [0.15, 0.2) is 9.84 Å². The van der Waals surface area contributed by atoms with Crippen LogP contribution in [0.2, 0.25) is 0 Å². The lowest BCUT2D eigenvalue weighted by molar-refractivity contribution is -0.385. The number of anilines is 1. The summed E-state index contributed by atoms with van der Waals surface area (Å²) >= 11 is 0. The first-order valence-electron chi connectivity index (χ1n) is 6.12. The van der Waals surface area contributed by atoms with Crippen molar-refractivity contribution in [3.05, 3.63) is 63.7 Å². The largest absolute Gasteiger partial charge is 0.398 e. The molecule has 0 fully saturated rings. The molecule has 21 heavy (non-hydrogen) atoms. The molecule has 0 heterocycles. The maximum atomic E-state index is 12.4. The predicted molar refractivity (Wildman–Crippen MR) is 79.6 cm³/mol. The number of para-hydroxylation sites is 1. The number of sulfone groups is 1. The maximum Gasteiger partial charge on any atom is 0.273 e. The monoisotopic (exact) mass is 306 g/mol. The van der Waals surface area contributed by atoms with Crippen molar-refractivity contribution in [2.24, 2.45) is 0 Å². The van der Waals surface area contributed by atoms with E-state index in [1.54, 1.807) is 25.1 Å². The molecule has 2 aromatic rings. The van der Waals surface area contributed by atoms with Gasteiger partial charge in [0.2, 0.25) is 0 Å². The fourth-order valence-corrected chi connectivity index (χ4v) is 3.55. The van der Waals surface area contributed by atoms with Crippen LogP contribution in [0.15, 0.2) is 47.4 Å². The van der Waals surface area contributed by atoms with Crippen LogP contribution in [0.3, 0.4) is 0 Å². The highest BCUT2D eigenvalue weighted by atomic mass is 32.2. The van der Waals surface area contributed by atoms with Crippen molar-refractivity contribution in [3.63, 3.8) is 0 Å². The minimum atomic E-state index is -3.75. The molecule has 0 saturated carbocycles. The predicted octanol–water partition coefficient (Wildman–Crippen LogP) is 2.46. The second-order valence-corrected chi connectivity index (χ2v) is 6.64. The number of nitro benzene ring substituents is 1. The Kier molecular flexibility index (Phi) is 3.95. The Morgan fingerprint density at radius 3 is 2.48 bits per heavy atom. The molecule has 2 rings (SSSR count). The lowest BCUT2D eigenvalue weighted by Gasteiger charge is -2.08. The first-order chi connectivity index (χ1) is 9.81. The van der Waals surface area contributed by atoms with Gasteiger partial charge in [-0.05, 0) is 24.6 Å². The second-order valence-electron chi connectivity index (χ2n) is 4.69. The summed E-state index contributed by atoms with van der Waals surface area (Å²) in [6, 6.07) is 10.4. The Balaban J connectivity index is 2.45. The summed E-state index contributed by atoms with van der Waals surface area (Å²) in [6.45, 7) is 1.80. The van der Waals surface area contributed by atoms with Crippen LogP contribution in [0.5, 0.6) is 0 Å². The lowest BCUT2D eigenvalue weighted by atomic mass is 10.2. The SMILES string of the molecule is Cc1ccc(S(=O)(=O)Cc2ccccc2[N+](=O)[O-])c(N)c1. The Morgan fingerprint density at radius 2 is 1.86 bits per heavy atom. The number of nitrogens with zero attached hydrogens (tertiary/aromatic N) is 1. The number of nitro groups is 1. The number of nitrogen functional groups attached to an aromatic ring is 1. The molecule has 110 valence electrons. The summed E-state index contributed by atoms with van der Waals surface area (Å²) in [5.41, 5.74) is 6.66. The normalized spacial score (nSPS) is 11.3. The first kappa shape index (κ1) is 15.0. The molecule has 0 unspecified atom stereocenters. The van der Waals surface area contributed by atoms with Crippen LogP contribution in [0, 0.1) is 17.0 Å². The molecule has 0 radical (unpaired) electrons. The zero-order chi connectivity index (χ0) is 15.6. The fourth-order valence-electron chi connectivity index (χ4n) is 2.04. The Labute approximate surface area is 122 Å². The number of hydrogen-bond acceptors (Lipinski definition) is 5. The number of hydrogen-bond donors (Lipinski definition) is 1. The van der Waals surface area contributed by atoms with E-state index in [1.165, 1.54) is 24.3 Å². The van der Waals surface area contributed by atoms with Gasteiger partial charge in [-0.2, -0.15) is 0 Å². The standard InChI is InChI=1S/C14H14N2O4S/c1-10-6-7-14(12(15)8-10)21(19,20)9-11-4-2-3-5-13(11)16(17)18/h2-8H,9,15H2,1H3. The van der Waals surface area contributed by atoms with Crippen molar-refractivity contribution in [3.8, 4) is 0 Å². The topological polar surface area (TPSA) is 103 Å². The zero-order valence-electron chi connectivity index (χ0n) is 11.3. The Bertz CT molecular complexity index is 800. The number of aryl methyl sites for hydroxylation is 1. The molecule has 0 aromatic heterocycles. The van der Waals surface area contributed by atoms with E-state index in [9.17, 15) is 18.5 Å². The molecule has 0 bridgehead atoms. The fraction of sp³-hybridized carbons (Fsp3) is 0.143. The summed E-state index contributed by atoms with van der Waals surface area (Å²) in [5.74, 6) is -0.461. The molecular weight excluding hydrogens is 292 g/mol. The first-order valence-corrected chi connectivity index (χ1v) is 7.77. The van der Waals surface area contributed by atoms with E-state index in [2.05, 4.69) is 0 Å². The van der Waals surface area contributed by atoms with Crippen molar-refractivity contribution in [2.75, 3.05) is 5.73 Å². The molecule has 0 spiro atoms. The van der Waals surface area contributed by atoms with Gasteiger partial charge in [-0.3, -0.25) is 10.1 Å². The van der Waals surface area contributed by atoms with Gasteiger partial charge in [-0.1, -0.05) is 24.3 Å². The van der Waals surface area contributed by atoms with E-state index in [1.807, 2.05) is 0 Å². The van der Waals surface area contributed by atoms with E-state index in [4.69, 9.17) is 5.73 Å². The van der Waals surface area contributed by atoms with Gasteiger partial charge < -0.3 is 5.73 Å². The molecule has 0 saturated heterocycles. The molecule has 0 aliphatic carbocycles. The third-order valence-electron chi connectivity index (χ3n) is 3.03. The van der Waals surface area contributed by atoms with Crippen LogP contribution >= 0.6 is 0 Å². The number of rotatable bonds is 4. The molecule has 2 aromatic carbocycles. The second kappa shape index (κ2) is 5.53. The highest BCUT2D eigenvalue weighted by Crippen LogP contribution is 2.27. The third-order valence-corrected chi connectivity index (χ3v) is 4.77. The van der Waals surface area contributed by atoms with Gasteiger partial charge in [0.05, 0.1) is 21.3 Å². The smallest absolute Gasteiger partial charge is 0.273 e. The molecule has 0 aliphatic heterocycles. The quantitative estimate of drug-likeness (QED) is 0.531. The Morgan fingerprint density at radius 1 is 1.19 bits per heavy atom. The number of nitrogens with two attached hydrogens (primary N) is 1. The van der Waals surface area contributed by atoms with Crippen LogP contribution in [0.4, 0.5) is 11.4 Å². The van der Waals surface area contributed by atoms with Crippen molar-refractivity contribution in [2.45, 2.75) is 17.6 Å². The average molecular weight is 306 g/mol. The van der Waals surface area contributed by atoms with Gasteiger partial charge in [0, 0.05) is 11.6 Å². The maximum absolute atomic E-state index is 12.4. The molecule has 0 atom stereocenters. The Hall–Kier alpha value is -2.41. The van der Waals surface area contributed by atoms with E-state index in [0.717, 1.165) is 5.56 Å². The average Bonchev–Trinajstić information content (AvgIpc) is 2.37. The number of benzene rings is 2. The van der Waals surface area contributed by atoms with Gasteiger partial charge in [-0.25, -0.2) is 8.42 Å². The van der Waals surface area contributed by atoms with Gasteiger partial charge in [0.25, 0.3) is 5.69 Å². The molecule has 7 heteroatoms. The third kappa shape index (κ3) is 3.19. The van der Waals surface area contributed by atoms with Gasteiger partial charge >= 0.3 is 0 Å². The summed E-state index contributed by atoms with van der Waals surface area (Å²) < 4.78 is 24.8. The van der Waals surface area contributed by atoms with Crippen LogP contribution in [0.25, 0.3) is 0 Å². The lowest BCUT2D eigenvalue weighted by Crippen LogP contribution is -2.09. The summed E-state index contributed by atoms with van der Waals surface area (Å²) in [7, 11) is -3.75. The zero-order valence-corrected chi connectivity index (χ0v) is 12.1. The highest BCUT2D eigenvalue weighted by molar-refractivity contribution is 7.90. The van der Waals surface area contributed by atoms with Crippen LogP contribution in [-0.2, 0) is 15.6 Å². The van der Waals surface area contributed by atoms with Gasteiger partial charge in [0.1, 0.15) is 0 Å². The summed E-state index contributed by atoms with van der Waals surface area (Å²) in [5, 5.41) is 10.9. The van der Waals surface area contributed by atoms with E-state index < -0.39 is 20.5 Å². The molecule has 6 nitrogen and oxygen atoms in total.